The van der Waals surface area contributed by atoms with Crippen LogP contribution in [0.5, 0.6) is 5.75 Å². The molecule has 0 aliphatic carbocycles. The number of nitrogens with zero attached hydrogens (tertiary/aromatic N) is 2. The number of phenols is 1. The highest BCUT2D eigenvalue weighted by molar-refractivity contribution is 7.15. The van der Waals surface area contributed by atoms with Crippen molar-refractivity contribution >= 4 is 27.8 Å². The fraction of sp³-hybridized carbons (Fsp3) is 0.0556. The molecule has 4 rings (SSSR count). The van der Waals surface area contributed by atoms with Crippen LogP contribution >= 0.6 is 11.3 Å². The van der Waals surface area contributed by atoms with E-state index in [1.54, 1.807) is 23.5 Å². The van der Waals surface area contributed by atoms with Gasteiger partial charge in [-0.15, -0.1) is 11.3 Å². The molecule has 2 heterocycles. The third kappa shape index (κ3) is 2.45. The molecule has 0 saturated carbocycles. The zero-order valence-electron chi connectivity index (χ0n) is 12.5. The van der Waals surface area contributed by atoms with E-state index in [4.69, 9.17) is 4.98 Å². The van der Waals surface area contributed by atoms with Gasteiger partial charge in [0.1, 0.15) is 17.3 Å². The van der Waals surface area contributed by atoms with Crippen LogP contribution in [0, 0.1) is 6.92 Å². The van der Waals surface area contributed by atoms with Crippen LogP contribution in [0.4, 0.5) is 11.5 Å². The molecule has 0 aliphatic heterocycles. The quantitative estimate of drug-likeness (QED) is 0.569. The fourth-order valence-electron chi connectivity index (χ4n) is 2.57. The number of anilines is 2. The third-order valence-electron chi connectivity index (χ3n) is 3.80. The lowest BCUT2D eigenvalue weighted by molar-refractivity contribution is 0.475. The SMILES string of the molecule is Cc1ccccc1Nc1c(-c2ccc(O)cc2)nc2sccn12. The molecule has 5 heteroatoms. The zero-order valence-corrected chi connectivity index (χ0v) is 13.3. The monoisotopic (exact) mass is 321 g/mol. The summed E-state index contributed by atoms with van der Waals surface area (Å²) in [6.07, 6.45) is 2.01. The van der Waals surface area contributed by atoms with Crippen molar-refractivity contribution in [2.45, 2.75) is 6.92 Å². The number of phenolic OH excluding ortho intramolecular Hbond substituents is 1. The molecular formula is C18H15N3OS. The number of thiazole rings is 1. The van der Waals surface area contributed by atoms with E-state index in [9.17, 15) is 5.11 Å². The number of fused-ring (bicyclic) bond motifs is 1. The van der Waals surface area contributed by atoms with Gasteiger partial charge in [0, 0.05) is 22.8 Å². The lowest BCUT2D eigenvalue weighted by Gasteiger charge is -2.10. The van der Waals surface area contributed by atoms with E-state index in [0.717, 1.165) is 27.7 Å². The van der Waals surface area contributed by atoms with Gasteiger partial charge in [-0.3, -0.25) is 4.40 Å². The topological polar surface area (TPSA) is 49.6 Å². The molecular weight excluding hydrogens is 306 g/mol. The number of hydrogen-bond acceptors (Lipinski definition) is 4. The van der Waals surface area contributed by atoms with E-state index in [1.807, 2.05) is 35.8 Å². The second kappa shape index (κ2) is 5.44. The average molecular weight is 321 g/mol. The highest BCUT2D eigenvalue weighted by Gasteiger charge is 2.15. The molecule has 0 fully saturated rings. The fourth-order valence-corrected chi connectivity index (χ4v) is 3.28. The summed E-state index contributed by atoms with van der Waals surface area (Å²) in [7, 11) is 0. The minimum Gasteiger partial charge on any atom is -0.508 e. The molecule has 2 aromatic carbocycles. The van der Waals surface area contributed by atoms with Crippen molar-refractivity contribution < 1.29 is 5.11 Å². The molecule has 0 atom stereocenters. The number of aryl methyl sites for hydroxylation is 1. The Morgan fingerprint density at radius 1 is 1.09 bits per heavy atom. The van der Waals surface area contributed by atoms with Crippen molar-refractivity contribution in [2.75, 3.05) is 5.32 Å². The van der Waals surface area contributed by atoms with Gasteiger partial charge in [0.25, 0.3) is 0 Å². The Morgan fingerprint density at radius 3 is 2.65 bits per heavy atom. The molecule has 2 N–H and O–H groups in total. The first kappa shape index (κ1) is 13.8. The van der Waals surface area contributed by atoms with Crippen LogP contribution in [-0.4, -0.2) is 14.5 Å². The number of rotatable bonds is 3. The summed E-state index contributed by atoms with van der Waals surface area (Å²) in [6, 6.07) is 15.3. The van der Waals surface area contributed by atoms with E-state index < -0.39 is 0 Å². The molecule has 0 radical (unpaired) electrons. The smallest absolute Gasteiger partial charge is 0.195 e. The van der Waals surface area contributed by atoms with Crippen LogP contribution in [0.2, 0.25) is 0 Å². The van der Waals surface area contributed by atoms with E-state index in [0.29, 0.717) is 0 Å². The molecule has 0 saturated heterocycles. The summed E-state index contributed by atoms with van der Waals surface area (Å²) in [6.45, 7) is 2.08. The molecule has 0 amide bonds. The highest BCUT2D eigenvalue weighted by Crippen LogP contribution is 2.34. The van der Waals surface area contributed by atoms with Crippen molar-refractivity contribution in [1.82, 2.24) is 9.38 Å². The van der Waals surface area contributed by atoms with Gasteiger partial charge in [-0.25, -0.2) is 4.98 Å². The Balaban J connectivity index is 1.87. The van der Waals surface area contributed by atoms with Crippen LogP contribution < -0.4 is 5.32 Å². The second-order valence-corrected chi connectivity index (χ2v) is 6.22. The normalized spacial score (nSPS) is 11.0. The highest BCUT2D eigenvalue weighted by atomic mass is 32.1. The van der Waals surface area contributed by atoms with E-state index >= 15 is 0 Å². The predicted octanol–water partition coefficient (Wildman–Crippen LogP) is 4.82. The molecule has 4 nitrogen and oxygen atoms in total. The van der Waals surface area contributed by atoms with Crippen molar-refractivity contribution in [3.63, 3.8) is 0 Å². The maximum atomic E-state index is 9.51. The Hall–Kier alpha value is -2.79. The van der Waals surface area contributed by atoms with Crippen LogP contribution in [0.1, 0.15) is 5.56 Å². The maximum Gasteiger partial charge on any atom is 0.195 e. The van der Waals surface area contributed by atoms with Gasteiger partial charge in [-0.05, 0) is 42.8 Å². The van der Waals surface area contributed by atoms with Crippen LogP contribution in [-0.2, 0) is 0 Å². The summed E-state index contributed by atoms with van der Waals surface area (Å²) in [5.74, 6) is 1.18. The molecule has 23 heavy (non-hydrogen) atoms. The molecule has 2 aromatic heterocycles. The maximum absolute atomic E-state index is 9.51. The Labute approximate surface area is 137 Å². The Morgan fingerprint density at radius 2 is 1.87 bits per heavy atom. The van der Waals surface area contributed by atoms with Crippen LogP contribution in [0.3, 0.4) is 0 Å². The van der Waals surface area contributed by atoms with Gasteiger partial charge in [0.2, 0.25) is 0 Å². The van der Waals surface area contributed by atoms with Crippen molar-refractivity contribution in [3.8, 4) is 17.0 Å². The first-order valence-electron chi connectivity index (χ1n) is 7.30. The molecule has 4 aromatic rings. The van der Waals surface area contributed by atoms with Crippen molar-refractivity contribution in [2.24, 2.45) is 0 Å². The van der Waals surface area contributed by atoms with Gasteiger partial charge in [0.15, 0.2) is 4.96 Å². The largest absolute Gasteiger partial charge is 0.508 e. The third-order valence-corrected chi connectivity index (χ3v) is 4.56. The molecule has 0 bridgehead atoms. The number of nitrogens with one attached hydrogen (secondary N) is 1. The van der Waals surface area contributed by atoms with Gasteiger partial charge >= 0.3 is 0 Å². The predicted molar refractivity (Wildman–Crippen MR) is 94.6 cm³/mol. The van der Waals surface area contributed by atoms with E-state index in [-0.39, 0.29) is 5.75 Å². The summed E-state index contributed by atoms with van der Waals surface area (Å²) in [4.78, 5) is 5.67. The Kier molecular flexibility index (Phi) is 3.28. The standard InChI is InChI=1S/C18H15N3OS/c1-12-4-2-3-5-15(12)19-17-16(13-6-8-14(22)9-7-13)20-18-21(17)10-11-23-18/h2-11,19,22H,1H3. The summed E-state index contributed by atoms with van der Waals surface area (Å²) in [5, 5.41) is 15.0. The number of aromatic nitrogens is 2. The molecule has 0 spiro atoms. The number of aromatic hydroxyl groups is 1. The van der Waals surface area contributed by atoms with Crippen molar-refractivity contribution in [3.05, 3.63) is 65.7 Å². The van der Waals surface area contributed by atoms with Gasteiger partial charge in [0.05, 0.1) is 0 Å². The number of para-hydroxylation sites is 1. The summed E-state index contributed by atoms with van der Waals surface area (Å²) >= 11 is 1.60. The van der Waals surface area contributed by atoms with E-state index in [1.165, 1.54) is 5.56 Å². The van der Waals surface area contributed by atoms with Crippen LogP contribution in [0.15, 0.2) is 60.1 Å². The average Bonchev–Trinajstić information content (AvgIpc) is 3.13. The lowest BCUT2D eigenvalue weighted by Crippen LogP contribution is -1.97. The van der Waals surface area contributed by atoms with E-state index in [2.05, 4.69) is 28.8 Å². The molecule has 0 aliphatic rings. The lowest BCUT2D eigenvalue weighted by atomic mass is 10.1. The van der Waals surface area contributed by atoms with Gasteiger partial charge in [-0.2, -0.15) is 0 Å². The molecule has 0 unspecified atom stereocenters. The van der Waals surface area contributed by atoms with Gasteiger partial charge in [-0.1, -0.05) is 18.2 Å². The number of imidazole rings is 1. The first-order chi connectivity index (χ1) is 11.2. The Bertz CT molecular complexity index is 970. The summed E-state index contributed by atoms with van der Waals surface area (Å²) in [5.41, 5.74) is 4.07. The summed E-state index contributed by atoms with van der Waals surface area (Å²) < 4.78 is 2.05. The van der Waals surface area contributed by atoms with Gasteiger partial charge < -0.3 is 10.4 Å². The number of hydrogen-bond donors (Lipinski definition) is 2. The second-order valence-electron chi connectivity index (χ2n) is 5.35. The number of benzene rings is 2. The first-order valence-corrected chi connectivity index (χ1v) is 8.18. The van der Waals surface area contributed by atoms with Crippen molar-refractivity contribution in [1.29, 1.82) is 0 Å². The molecule has 114 valence electrons. The minimum absolute atomic E-state index is 0.253. The van der Waals surface area contributed by atoms with Crippen LogP contribution in [0.25, 0.3) is 16.2 Å². The minimum atomic E-state index is 0.253. The zero-order chi connectivity index (χ0) is 15.8.